The molecule has 5 nitrogen and oxygen atoms in total. The van der Waals surface area contributed by atoms with Crippen molar-refractivity contribution < 1.29 is 14.3 Å². The minimum Gasteiger partial charge on any atom is -0.496 e. The first-order valence-corrected chi connectivity index (χ1v) is 8.38. The number of rotatable bonds is 5. The Morgan fingerprint density at radius 3 is 2.52 bits per heavy atom. The van der Waals surface area contributed by atoms with E-state index in [9.17, 15) is 9.59 Å². The molecule has 3 rings (SSSR count). The van der Waals surface area contributed by atoms with Crippen LogP contribution in [0, 0.1) is 0 Å². The fourth-order valence-corrected chi connectivity index (χ4v) is 3.09. The van der Waals surface area contributed by atoms with E-state index in [2.05, 4.69) is 0 Å². The molecule has 1 fully saturated rings. The maximum atomic E-state index is 12.7. The van der Waals surface area contributed by atoms with Crippen molar-refractivity contribution in [3.63, 3.8) is 0 Å². The highest BCUT2D eigenvalue weighted by atomic mass is 16.5. The van der Waals surface area contributed by atoms with Crippen LogP contribution in [0.4, 0.5) is 5.69 Å². The van der Waals surface area contributed by atoms with Gasteiger partial charge >= 0.3 is 0 Å². The Labute approximate surface area is 147 Å². The molecular formula is C20H22N2O3. The molecule has 1 saturated heterocycles. The van der Waals surface area contributed by atoms with Gasteiger partial charge < -0.3 is 14.5 Å². The maximum absolute atomic E-state index is 12.7. The molecule has 25 heavy (non-hydrogen) atoms. The number of anilines is 1. The van der Waals surface area contributed by atoms with Gasteiger partial charge in [-0.2, -0.15) is 0 Å². The van der Waals surface area contributed by atoms with Crippen molar-refractivity contribution in [3.8, 4) is 5.75 Å². The smallest absolute Gasteiger partial charge is 0.253 e. The molecule has 0 bridgehead atoms. The molecule has 2 aromatic carbocycles. The molecule has 0 saturated carbocycles. The van der Waals surface area contributed by atoms with Crippen LogP contribution in [0.15, 0.2) is 48.5 Å². The monoisotopic (exact) mass is 338 g/mol. The molecule has 0 unspecified atom stereocenters. The van der Waals surface area contributed by atoms with Gasteiger partial charge in [-0.3, -0.25) is 9.59 Å². The summed E-state index contributed by atoms with van der Waals surface area (Å²) >= 11 is 0. The summed E-state index contributed by atoms with van der Waals surface area (Å²) < 4.78 is 5.34. The van der Waals surface area contributed by atoms with E-state index < -0.39 is 0 Å². The number of carbonyl (C=O) groups excluding carboxylic acids is 2. The van der Waals surface area contributed by atoms with E-state index in [0.717, 1.165) is 30.0 Å². The van der Waals surface area contributed by atoms with Crippen LogP contribution < -0.4 is 9.64 Å². The molecule has 1 aliphatic rings. The highest BCUT2D eigenvalue weighted by molar-refractivity contribution is 5.97. The second-order valence-corrected chi connectivity index (χ2v) is 6.17. The molecule has 0 aliphatic carbocycles. The summed E-state index contributed by atoms with van der Waals surface area (Å²) in [5.74, 6) is 0.850. The Bertz CT molecular complexity index is 771. The van der Waals surface area contributed by atoms with Gasteiger partial charge in [0.05, 0.1) is 7.11 Å². The van der Waals surface area contributed by atoms with E-state index in [1.165, 1.54) is 0 Å². The minimum atomic E-state index is -0.0646. The molecule has 2 amide bonds. The molecule has 0 aromatic heterocycles. The van der Waals surface area contributed by atoms with E-state index >= 15 is 0 Å². The van der Waals surface area contributed by atoms with E-state index in [4.69, 9.17) is 4.74 Å². The van der Waals surface area contributed by atoms with Crippen LogP contribution in [-0.4, -0.2) is 37.4 Å². The Morgan fingerprint density at radius 2 is 1.88 bits per heavy atom. The molecule has 5 heteroatoms. The third kappa shape index (κ3) is 3.65. The molecule has 130 valence electrons. The van der Waals surface area contributed by atoms with Gasteiger partial charge in [0.2, 0.25) is 5.91 Å². The van der Waals surface area contributed by atoms with Gasteiger partial charge in [0.25, 0.3) is 5.91 Å². The van der Waals surface area contributed by atoms with Gasteiger partial charge in [-0.1, -0.05) is 18.2 Å². The van der Waals surface area contributed by atoms with Crippen LogP contribution in [-0.2, 0) is 11.3 Å². The first-order valence-electron chi connectivity index (χ1n) is 8.38. The molecular weight excluding hydrogens is 316 g/mol. The zero-order chi connectivity index (χ0) is 17.8. The Kier molecular flexibility index (Phi) is 5.03. The predicted octanol–water partition coefficient (Wildman–Crippen LogP) is 3.09. The third-order valence-electron chi connectivity index (χ3n) is 4.45. The average molecular weight is 338 g/mol. The third-order valence-corrected chi connectivity index (χ3v) is 4.45. The largest absolute Gasteiger partial charge is 0.496 e. The summed E-state index contributed by atoms with van der Waals surface area (Å²) in [5.41, 5.74) is 2.42. The fourth-order valence-electron chi connectivity index (χ4n) is 3.09. The van der Waals surface area contributed by atoms with Gasteiger partial charge in [0.1, 0.15) is 5.75 Å². The Hall–Kier alpha value is -2.82. The van der Waals surface area contributed by atoms with Crippen molar-refractivity contribution in [2.45, 2.75) is 19.4 Å². The number of ether oxygens (including phenoxy) is 1. The summed E-state index contributed by atoms with van der Waals surface area (Å²) in [4.78, 5) is 27.9. The number of para-hydroxylation sites is 1. The van der Waals surface area contributed by atoms with Gasteiger partial charge in [0.15, 0.2) is 0 Å². The normalized spacial score (nSPS) is 13.8. The quantitative estimate of drug-likeness (QED) is 0.842. The predicted molar refractivity (Wildman–Crippen MR) is 96.8 cm³/mol. The van der Waals surface area contributed by atoms with E-state index in [1.807, 2.05) is 36.4 Å². The minimum absolute atomic E-state index is 0.0646. The zero-order valence-corrected chi connectivity index (χ0v) is 14.6. The molecule has 1 heterocycles. The van der Waals surface area contributed by atoms with Crippen molar-refractivity contribution in [1.29, 1.82) is 0 Å². The number of carbonyl (C=O) groups is 2. The molecule has 0 radical (unpaired) electrons. The first-order chi connectivity index (χ1) is 12.1. The fraction of sp³-hybridized carbons (Fsp3) is 0.300. The highest BCUT2D eigenvalue weighted by Crippen LogP contribution is 2.23. The van der Waals surface area contributed by atoms with Gasteiger partial charge in [-0.15, -0.1) is 0 Å². The summed E-state index contributed by atoms with van der Waals surface area (Å²) in [7, 11) is 3.39. The van der Waals surface area contributed by atoms with Crippen LogP contribution in [0.2, 0.25) is 0 Å². The summed E-state index contributed by atoms with van der Waals surface area (Å²) in [6.07, 6.45) is 1.49. The van der Waals surface area contributed by atoms with Crippen LogP contribution in [0.25, 0.3) is 0 Å². The molecule has 2 aromatic rings. The molecule has 0 N–H and O–H groups in total. The van der Waals surface area contributed by atoms with Crippen LogP contribution in [0.5, 0.6) is 5.75 Å². The highest BCUT2D eigenvalue weighted by Gasteiger charge is 2.22. The van der Waals surface area contributed by atoms with E-state index in [-0.39, 0.29) is 11.8 Å². The van der Waals surface area contributed by atoms with Crippen molar-refractivity contribution >= 4 is 17.5 Å². The van der Waals surface area contributed by atoms with E-state index in [1.54, 1.807) is 36.1 Å². The number of hydrogen-bond acceptors (Lipinski definition) is 3. The van der Waals surface area contributed by atoms with Gasteiger partial charge in [-0.05, 0) is 36.8 Å². The second-order valence-electron chi connectivity index (χ2n) is 6.17. The number of methoxy groups -OCH3 is 1. The summed E-state index contributed by atoms with van der Waals surface area (Å²) in [6.45, 7) is 1.22. The number of nitrogens with zero attached hydrogens (tertiary/aromatic N) is 2. The van der Waals surface area contributed by atoms with Crippen molar-refractivity contribution in [2.75, 3.05) is 25.6 Å². The van der Waals surface area contributed by atoms with E-state index in [0.29, 0.717) is 18.5 Å². The number of amides is 2. The molecule has 0 spiro atoms. The lowest BCUT2D eigenvalue weighted by Gasteiger charge is -2.20. The second kappa shape index (κ2) is 7.38. The Balaban J connectivity index is 1.70. The van der Waals surface area contributed by atoms with Crippen LogP contribution in [0.1, 0.15) is 28.8 Å². The van der Waals surface area contributed by atoms with Crippen molar-refractivity contribution in [1.82, 2.24) is 4.90 Å². The first kappa shape index (κ1) is 17.0. The van der Waals surface area contributed by atoms with Crippen LogP contribution in [0.3, 0.4) is 0 Å². The maximum Gasteiger partial charge on any atom is 0.253 e. The van der Waals surface area contributed by atoms with Crippen molar-refractivity contribution in [2.24, 2.45) is 0 Å². The molecule has 0 atom stereocenters. The number of benzene rings is 2. The lowest BCUT2D eigenvalue weighted by atomic mass is 10.1. The van der Waals surface area contributed by atoms with Crippen molar-refractivity contribution in [3.05, 3.63) is 59.7 Å². The topological polar surface area (TPSA) is 49.9 Å². The lowest BCUT2D eigenvalue weighted by Crippen LogP contribution is -2.27. The summed E-state index contributed by atoms with van der Waals surface area (Å²) in [6, 6.07) is 14.9. The lowest BCUT2D eigenvalue weighted by molar-refractivity contribution is -0.117. The number of hydrogen-bond donors (Lipinski definition) is 0. The van der Waals surface area contributed by atoms with Crippen LogP contribution >= 0.6 is 0 Å². The van der Waals surface area contributed by atoms with Gasteiger partial charge in [0, 0.05) is 43.4 Å². The summed E-state index contributed by atoms with van der Waals surface area (Å²) in [5, 5.41) is 0. The Morgan fingerprint density at radius 1 is 1.16 bits per heavy atom. The standard InChI is InChI=1S/C20H22N2O3/c1-21(14-16-6-3-4-7-18(16)25-2)20(24)15-9-11-17(12-10-15)22-13-5-8-19(22)23/h3-4,6-7,9-12H,5,8,13-14H2,1-2H3. The zero-order valence-electron chi connectivity index (χ0n) is 14.6. The molecule has 1 aliphatic heterocycles. The average Bonchev–Trinajstić information content (AvgIpc) is 3.07. The SMILES string of the molecule is COc1ccccc1CN(C)C(=O)c1ccc(N2CCCC2=O)cc1. The van der Waals surface area contributed by atoms with Gasteiger partial charge in [-0.25, -0.2) is 0 Å².